The Hall–Kier alpha value is -3.26. The maximum absolute atomic E-state index is 13.1. The molecule has 1 saturated carbocycles. The zero-order valence-corrected chi connectivity index (χ0v) is 18.0. The lowest BCUT2D eigenvalue weighted by atomic mass is 9.87. The molecular weight excluding hydrogens is 459 g/mol. The molecule has 33 heavy (non-hydrogen) atoms. The van der Waals surface area contributed by atoms with Crippen molar-refractivity contribution in [1.29, 1.82) is 0 Å². The predicted molar refractivity (Wildman–Crippen MR) is 116 cm³/mol. The molecule has 0 aliphatic heterocycles. The molecule has 0 saturated heterocycles. The molecular formula is C24H19ClF3NO4. The monoisotopic (exact) mass is 477 g/mol. The summed E-state index contributed by atoms with van der Waals surface area (Å²) in [5.41, 5.74) is -1.20. The van der Waals surface area contributed by atoms with Gasteiger partial charge in [-0.15, -0.1) is 0 Å². The molecule has 3 aromatic carbocycles. The molecule has 0 heterocycles. The summed E-state index contributed by atoms with van der Waals surface area (Å²) < 4.78 is 49.5. The summed E-state index contributed by atoms with van der Waals surface area (Å²) in [5.74, 6) is -0.306. The van der Waals surface area contributed by atoms with Gasteiger partial charge in [-0.05, 0) is 30.2 Å². The van der Waals surface area contributed by atoms with Crippen LogP contribution in [0.5, 0.6) is 5.75 Å². The van der Waals surface area contributed by atoms with Gasteiger partial charge in [-0.25, -0.2) is 0 Å². The van der Waals surface area contributed by atoms with Gasteiger partial charge in [-0.2, -0.15) is 13.2 Å². The normalized spacial score (nSPS) is 14.9. The summed E-state index contributed by atoms with van der Waals surface area (Å²) in [7, 11) is 0. The Morgan fingerprint density at radius 2 is 1.76 bits per heavy atom. The van der Waals surface area contributed by atoms with Crippen molar-refractivity contribution in [1.82, 2.24) is 5.32 Å². The number of halogens is 4. The van der Waals surface area contributed by atoms with Crippen LogP contribution in [0.2, 0.25) is 5.02 Å². The lowest BCUT2D eigenvalue weighted by molar-refractivity contribution is -0.156. The van der Waals surface area contributed by atoms with Gasteiger partial charge < -0.3 is 14.8 Å². The number of benzene rings is 3. The van der Waals surface area contributed by atoms with Crippen LogP contribution in [0.1, 0.15) is 40.7 Å². The van der Waals surface area contributed by atoms with E-state index in [1.807, 2.05) is 0 Å². The second-order valence-corrected chi connectivity index (χ2v) is 8.19. The fourth-order valence-electron chi connectivity index (χ4n) is 3.71. The van der Waals surface area contributed by atoms with E-state index in [-0.39, 0.29) is 17.9 Å². The zero-order chi connectivity index (χ0) is 23.6. The average molecular weight is 478 g/mol. The summed E-state index contributed by atoms with van der Waals surface area (Å²) in [6, 6.07) is 13.1. The number of hydrogen-bond acceptors (Lipinski definition) is 4. The van der Waals surface area contributed by atoms with Crippen LogP contribution in [-0.4, -0.2) is 18.1 Å². The molecule has 9 heteroatoms. The SMILES string of the molecule is O=COC1(NC(=O)c2cc(Cl)c3ccccc3c2OCc2ccc(C(F)(F)F)cc2)CCC1. The van der Waals surface area contributed by atoms with E-state index in [9.17, 15) is 22.8 Å². The lowest BCUT2D eigenvalue weighted by Crippen LogP contribution is -2.55. The van der Waals surface area contributed by atoms with Gasteiger partial charge in [0.15, 0.2) is 5.72 Å². The minimum Gasteiger partial charge on any atom is -0.487 e. The largest absolute Gasteiger partial charge is 0.487 e. The second kappa shape index (κ2) is 8.94. The van der Waals surface area contributed by atoms with Gasteiger partial charge in [-0.3, -0.25) is 9.59 Å². The summed E-state index contributed by atoms with van der Waals surface area (Å²) in [4.78, 5) is 24.0. The molecule has 1 amide bonds. The van der Waals surface area contributed by atoms with Crippen molar-refractivity contribution in [3.63, 3.8) is 0 Å². The number of rotatable bonds is 7. The van der Waals surface area contributed by atoms with Gasteiger partial charge in [0, 0.05) is 28.6 Å². The molecule has 1 fully saturated rings. The van der Waals surface area contributed by atoms with Crippen molar-refractivity contribution in [3.8, 4) is 5.75 Å². The van der Waals surface area contributed by atoms with Gasteiger partial charge in [-0.1, -0.05) is 48.0 Å². The van der Waals surface area contributed by atoms with Crippen LogP contribution in [0, 0.1) is 0 Å². The second-order valence-electron chi connectivity index (χ2n) is 7.78. The van der Waals surface area contributed by atoms with Crippen molar-refractivity contribution < 1.29 is 32.2 Å². The number of nitrogens with one attached hydrogen (secondary N) is 1. The Balaban J connectivity index is 1.66. The fraction of sp³-hybridized carbons (Fsp3) is 0.250. The minimum absolute atomic E-state index is 0.0694. The number of hydrogen-bond donors (Lipinski definition) is 1. The Labute approximate surface area is 192 Å². The van der Waals surface area contributed by atoms with Crippen molar-refractivity contribution in [2.24, 2.45) is 0 Å². The average Bonchev–Trinajstić information content (AvgIpc) is 2.76. The highest BCUT2D eigenvalue weighted by atomic mass is 35.5. The molecule has 3 aromatic rings. The van der Waals surface area contributed by atoms with Crippen molar-refractivity contribution >= 4 is 34.8 Å². The van der Waals surface area contributed by atoms with E-state index in [1.165, 1.54) is 18.2 Å². The third-order valence-electron chi connectivity index (χ3n) is 5.63. The summed E-state index contributed by atoms with van der Waals surface area (Å²) in [6.07, 6.45) is -2.66. The highest BCUT2D eigenvalue weighted by Crippen LogP contribution is 2.38. The number of amides is 1. The van der Waals surface area contributed by atoms with Gasteiger partial charge in [0.2, 0.25) is 0 Å². The van der Waals surface area contributed by atoms with Crippen LogP contribution >= 0.6 is 11.6 Å². The number of carbonyl (C=O) groups excluding carboxylic acids is 2. The minimum atomic E-state index is -4.43. The third kappa shape index (κ3) is 4.75. The molecule has 0 radical (unpaired) electrons. The lowest BCUT2D eigenvalue weighted by Gasteiger charge is -2.40. The van der Waals surface area contributed by atoms with Crippen molar-refractivity contribution in [2.75, 3.05) is 0 Å². The first kappa shape index (κ1) is 22.9. The molecule has 1 aliphatic carbocycles. The quantitative estimate of drug-likeness (QED) is 0.341. The molecule has 1 aliphatic rings. The van der Waals surface area contributed by atoms with Gasteiger partial charge >= 0.3 is 6.18 Å². The molecule has 0 unspecified atom stereocenters. The highest BCUT2D eigenvalue weighted by molar-refractivity contribution is 6.36. The van der Waals surface area contributed by atoms with Gasteiger partial charge in [0.05, 0.1) is 11.1 Å². The Morgan fingerprint density at radius 3 is 2.33 bits per heavy atom. The number of ether oxygens (including phenoxy) is 2. The zero-order valence-electron chi connectivity index (χ0n) is 17.2. The van der Waals surface area contributed by atoms with E-state index in [4.69, 9.17) is 21.1 Å². The first-order valence-electron chi connectivity index (χ1n) is 10.2. The molecule has 0 aromatic heterocycles. The van der Waals surface area contributed by atoms with Crippen molar-refractivity contribution in [3.05, 3.63) is 76.3 Å². The summed E-state index contributed by atoms with van der Waals surface area (Å²) in [6.45, 7) is 0.231. The third-order valence-corrected chi connectivity index (χ3v) is 5.94. The highest BCUT2D eigenvalue weighted by Gasteiger charge is 2.41. The maximum Gasteiger partial charge on any atom is 0.416 e. The fourth-order valence-corrected chi connectivity index (χ4v) is 3.98. The summed E-state index contributed by atoms with van der Waals surface area (Å²) in [5, 5.41) is 4.30. The number of alkyl halides is 3. The van der Waals surface area contributed by atoms with Gasteiger partial charge in [0.1, 0.15) is 12.4 Å². The molecule has 4 rings (SSSR count). The van der Waals surface area contributed by atoms with Crippen LogP contribution < -0.4 is 10.1 Å². The first-order valence-corrected chi connectivity index (χ1v) is 10.5. The molecule has 172 valence electrons. The Morgan fingerprint density at radius 1 is 1.09 bits per heavy atom. The standard InChI is InChI=1S/C24H19ClF3NO4/c25-20-12-19(22(31)29-23(33-14-30)10-3-11-23)21(18-5-2-1-4-17(18)20)32-13-15-6-8-16(9-7-15)24(26,27)28/h1-2,4-9,12,14H,3,10-11,13H2,(H,29,31). The smallest absolute Gasteiger partial charge is 0.416 e. The Kier molecular flexibility index (Phi) is 6.21. The molecule has 0 spiro atoms. The van der Waals surface area contributed by atoms with E-state index >= 15 is 0 Å². The van der Waals surface area contributed by atoms with Crippen LogP contribution in [0.4, 0.5) is 13.2 Å². The van der Waals surface area contributed by atoms with Crippen LogP contribution in [0.25, 0.3) is 10.8 Å². The van der Waals surface area contributed by atoms with Crippen LogP contribution in [-0.2, 0) is 22.3 Å². The van der Waals surface area contributed by atoms with E-state index in [2.05, 4.69) is 5.32 Å². The number of fused-ring (bicyclic) bond motifs is 1. The maximum atomic E-state index is 13.1. The Bertz CT molecular complexity index is 1190. The first-order chi connectivity index (χ1) is 15.7. The van der Waals surface area contributed by atoms with Crippen LogP contribution in [0.3, 0.4) is 0 Å². The number of carbonyl (C=O) groups is 2. The molecule has 0 bridgehead atoms. The molecule has 1 N–H and O–H groups in total. The van der Waals surface area contributed by atoms with E-state index in [1.54, 1.807) is 24.3 Å². The predicted octanol–water partition coefficient (Wildman–Crippen LogP) is 5.87. The van der Waals surface area contributed by atoms with Crippen molar-refractivity contribution in [2.45, 2.75) is 37.8 Å². The van der Waals surface area contributed by atoms with E-state index in [0.717, 1.165) is 18.6 Å². The van der Waals surface area contributed by atoms with E-state index < -0.39 is 23.4 Å². The molecule has 5 nitrogen and oxygen atoms in total. The van der Waals surface area contributed by atoms with E-state index in [0.29, 0.717) is 40.7 Å². The topological polar surface area (TPSA) is 64.6 Å². The van der Waals surface area contributed by atoms with Gasteiger partial charge in [0.25, 0.3) is 12.4 Å². The summed E-state index contributed by atoms with van der Waals surface area (Å²) >= 11 is 6.41. The molecule has 0 atom stereocenters. The van der Waals surface area contributed by atoms with Crippen LogP contribution in [0.15, 0.2) is 54.6 Å².